The Morgan fingerprint density at radius 1 is 1.43 bits per heavy atom. The first-order valence-corrected chi connectivity index (χ1v) is 5.12. The van der Waals surface area contributed by atoms with E-state index in [9.17, 15) is 4.39 Å². The molecule has 0 aliphatic heterocycles. The maximum atomic E-state index is 13.8. The van der Waals surface area contributed by atoms with Crippen LogP contribution >= 0.6 is 0 Å². The van der Waals surface area contributed by atoms with Crippen LogP contribution < -0.4 is 5.32 Å². The third-order valence-corrected chi connectivity index (χ3v) is 3.03. The van der Waals surface area contributed by atoms with E-state index in [4.69, 9.17) is 0 Å². The summed E-state index contributed by atoms with van der Waals surface area (Å²) in [6, 6.07) is 8.14. The van der Waals surface area contributed by atoms with Crippen molar-refractivity contribution in [1.29, 1.82) is 0 Å². The molecule has 1 fully saturated rings. The predicted molar refractivity (Wildman–Crippen MR) is 55.9 cm³/mol. The Hall–Kier alpha value is -0.890. The normalized spacial score (nSPS) is 20.5. The number of halogens is 1. The fraction of sp³-hybridized carbons (Fsp3) is 0.500. The van der Waals surface area contributed by atoms with Crippen LogP contribution in [0.5, 0.6) is 0 Å². The van der Waals surface area contributed by atoms with Gasteiger partial charge in [-0.15, -0.1) is 0 Å². The van der Waals surface area contributed by atoms with Crippen molar-refractivity contribution in [2.24, 2.45) is 0 Å². The predicted octanol–water partition coefficient (Wildman–Crippen LogP) is 2.93. The molecule has 0 aromatic heterocycles. The molecule has 2 heteroatoms. The minimum Gasteiger partial charge on any atom is -0.313 e. The van der Waals surface area contributed by atoms with E-state index in [1.807, 2.05) is 31.3 Å². The Kier molecular flexibility index (Phi) is 2.31. The lowest BCUT2D eigenvalue weighted by molar-refractivity contribution is 0.317. The van der Waals surface area contributed by atoms with Crippen molar-refractivity contribution in [3.05, 3.63) is 35.4 Å². The average Bonchev–Trinajstić information content (AvgIpc) is 2.97. The molecule has 14 heavy (non-hydrogen) atoms. The van der Waals surface area contributed by atoms with E-state index in [1.54, 1.807) is 0 Å². The topological polar surface area (TPSA) is 12.0 Å². The van der Waals surface area contributed by atoms with Gasteiger partial charge in [0, 0.05) is 6.04 Å². The molecule has 0 radical (unpaired) electrons. The van der Waals surface area contributed by atoms with Crippen LogP contribution in [0.4, 0.5) is 4.39 Å². The molecule has 1 aromatic rings. The maximum Gasteiger partial charge on any atom is 0.136 e. The second-order valence-corrected chi connectivity index (χ2v) is 4.10. The SMILES string of the molecule is CNC(C)c1cccc(C2(F)CC2)c1. The number of hydrogen-bond donors (Lipinski definition) is 1. The molecule has 1 saturated carbocycles. The van der Waals surface area contributed by atoms with Crippen LogP contribution in [-0.4, -0.2) is 7.05 Å². The van der Waals surface area contributed by atoms with Gasteiger partial charge >= 0.3 is 0 Å². The van der Waals surface area contributed by atoms with E-state index in [0.29, 0.717) is 12.8 Å². The summed E-state index contributed by atoms with van der Waals surface area (Å²) in [4.78, 5) is 0. The van der Waals surface area contributed by atoms with Gasteiger partial charge in [0.2, 0.25) is 0 Å². The lowest BCUT2D eigenvalue weighted by Gasteiger charge is -2.13. The van der Waals surface area contributed by atoms with E-state index in [1.165, 1.54) is 0 Å². The Bertz CT molecular complexity index is 331. The molecule has 0 saturated heterocycles. The zero-order valence-electron chi connectivity index (χ0n) is 8.68. The highest BCUT2D eigenvalue weighted by Crippen LogP contribution is 2.49. The first kappa shape index (κ1) is 9.66. The summed E-state index contributed by atoms with van der Waals surface area (Å²) >= 11 is 0. The van der Waals surface area contributed by atoms with Crippen LogP contribution in [-0.2, 0) is 5.67 Å². The average molecular weight is 193 g/mol. The molecule has 1 aliphatic carbocycles. The molecule has 1 unspecified atom stereocenters. The van der Waals surface area contributed by atoms with E-state index in [2.05, 4.69) is 12.2 Å². The van der Waals surface area contributed by atoms with Gasteiger partial charge in [0.25, 0.3) is 0 Å². The maximum absolute atomic E-state index is 13.8. The minimum absolute atomic E-state index is 0.289. The van der Waals surface area contributed by atoms with Crippen LogP contribution in [0.3, 0.4) is 0 Å². The van der Waals surface area contributed by atoms with Crippen LogP contribution in [0, 0.1) is 0 Å². The summed E-state index contributed by atoms with van der Waals surface area (Å²) in [5.74, 6) is 0. The molecule has 1 N–H and O–H groups in total. The Balaban J connectivity index is 2.27. The lowest BCUT2D eigenvalue weighted by atomic mass is 10.0. The van der Waals surface area contributed by atoms with Gasteiger partial charge in [-0.05, 0) is 37.9 Å². The second kappa shape index (κ2) is 3.35. The van der Waals surface area contributed by atoms with Crippen LogP contribution in [0.15, 0.2) is 24.3 Å². The van der Waals surface area contributed by atoms with Crippen molar-refractivity contribution < 1.29 is 4.39 Å². The van der Waals surface area contributed by atoms with Gasteiger partial charge in [-0.1, -0.05) is 24.3 Å². The van der Waals surface area contributed by atoms with Crippen molar-refractivity contribution in [2.45, 2.75) is 31.5 Å². The fourth-order valence-corrected chi connectivity index (χ4v) is 1.65. The van der Waals surface area contributed by atoms with Gasteiger partial charge in [0.1, 0.15) is 5.67 Å². The smallest absolute Gasteiger partial charge is 0.136 e. The highest BCUT2D eigenvalue weighted by Gasteiger charge is 2.44. The van der Waals surface area contributed by atoms with E-state index >= 15 is 0 Å². The van der Waals surface area contributed by atoms with Crippen LogP contribution in [0.1, 0.15) is 36.9 Å². The molecule has 1 nitrogen and oxygen atoms in total. The van der Waals surface area contributed by atoms with Gasteiger partial charge in [-0.2, -0.15) is 0 Å². The quantitative estimate of drug-likeness (QED) is 0.778. The monoisotopic (exact) mass is 193 g/mol. The standard InChI is InChI=1S/C12H16FN/c1-9(14-2)10-4-3-5-11(8-10)12(13)6-7-12/h3-5,8-9,14H,6-7H2,1-2H3. The molecule has 1 aliphatic rings. The van der Waals surface area contributed by atoms with Crippen molar-refractivity contribution in [3.63, 3.8) is 0 Å². The van der Waals surface area contributed by atoms with Crippen molar-refractivity contribution >= 4 is 0 Å². The van der Waals surface area contributed by atoms with Gasteiger partial charge in [-0.3, -0.25) is 0 Å². The molecular formula is C12H16FN. The van der Waals surface area contributed by atoms with Crippen molar-refractivity contribution in [1.82, 2.24) is 5.32 Å². The molecule has 0 amide bonds. The molecule has 0 heterocycles. The summed E-state index contributed by atoms with van der Waals surface area (Å²) in [6.45, 7) is 2.08. The Morgan fingerprint density at radius 2 is 2.14 bits per heavy atom. The molecule has 76 valence electrons. The van der Waals surface area contributed by atoms with Gasteiger partial charge < -0.3 is 5.32 Å². The fourth-order valence-electron chi connectivity index (χ4n) is 1.65. The van der Waals surface area contributed by atoms with Crippen molar-refractivity contribution in [3.8, 4) is 0 Å². The number of nitrogens with one attached hydrogen (secondary N) is 1. The molecule has 1 atom stereocenters. The molecule has 0 bridgehead atoms. The highest BCUT2D eigenvalue weighted by atomic mass is 19.1. The zero-order chi connectivity index (χ0) is 10.2. The Morgan fingerprint density at radius 3 is 2.71 bits per heavy atom. The van der Waals surface area contributed by atoms with E-state index < -0.39 is 5.67 Å². The van der Waals surface area contributed by atoms with Gasteiger partial charge in [-0.25, -0.2) is 4.39 Å². The van der Waals surface area contributed by atoms with Gasteiger partial charge in [0.15, 0.2) is 0 Å². The summed E-state index contributed by atoms with van der Waals surface area (Å²) < 4.78 is 13.8. The molecule has 2 rings (SSSR count). The van der Waals surface area contributed by atoms with Crippen LogP contribution in [0.25, 0.3) is 0 Å². The second-order valence-electron chi connectivity index (χ2n) is 4.10. The summed E-state index contributed by atoms with van der Waals surface area (Å²) in [7, 11) is 1.92. The zero-order valence-corrected chi connectivity index (χ0v) is 8.68. The molecule has 1 aromatic carbocycles. The third-order valence-electron chi connectivity index (χ3n) is 3.03. The number of benzene rings is 1. The van der Waals surface area contributed by atoms with E-state index in [0.717, 1.165) is 11.1 Å². The third kappa shape index (κ3) is 1.67. The summed E-state index contributed by atoms with van der Waals surface area (Å²) in [5, 5.41) is 3.16. The highest BCUT2D eigenvalue weighted by molar-refractivity contribution is 5.33. The summed E-state index contributed by atoms with van der Waals surface area (Å²) in [5.41, 5.74) is 0.995. The number of alkyl halides is 1. The largest absolute Gasteiger partial charge is 0.313 e. The first-order valence-electron chi connectivity index (χ1n) is 5.12. The molecular weight excluding hydrogens is 177 g/mol. The molecule has 0 spiro atoms. The number of rotatable bonds is 3. The van der Waals surface area contributed by atoms with Gasteiger partial charge in [0.05, 0.1) is 0 Å². The Labute approximate surface area is 84.3 Å². The van der Waals surface area contributed by atoms with E-state index in [-0.39, 0.29) is 6.04 Å². The summed E-state index contributed by atoms with van der Waals surface area (Å²) in [6.07, 6.45) is 1.37. The van der Waals surface area contributed by atoms with Crippen LogP contribution in [0.2, 0.25) is 0 Å². The lowest BCUT2D eigenvalue weighted by Crippen LogP contribution is -2.13. The minimum atomic E-state index is -1.01. The number of hydrogen-bond acceptors (Lipinski definition) is 1. The van der Waals surface area contributed by atoms with Crippen molar-refractivity contribution in [2.75, 3.05) is 7.05 Å². The first-order chi connectivity index (χ1) is 6.65.